The highest BCUT2D eigenvalue weighted by Crippen LogP contribution is 2.35. The molecule has 0 saturated carbocycles. The molecule has 456 valence electrons. The van der Waals surface area contributed by atoms with Crippen molar-refractivity contribution in [3.05, 3.63) is 0 Å². The lowest BCUT2D eigenvalue weighted by Crippen LogP contribution is -2.41. The minimum absolute atomic E-state index is 0. The van der Waals surface area contributed by atoms with Crippen molar-refractivity contribution >= 4 is 139 Å². The molecular formula is C48H88FN4O18PS6. The van der Waals surface area contributed by atoms with Crippen molar-refractivity contribution in [3.63, 3.8) is 0 Å². The molecule has 0 spiro atoms. The van der Waals surface area contributed by atoms with E-state index in [1.54, 1.807) is 0 Å². The van der Waals surface area contributed by atoms with Crippen molar-refractivity contribution in [2.45, 2.75) is 186 Å². The summed E-state index contributed by atoms with van der Waals surface area (Å²) in [4.78, 5) is 131. The molecule has 6 atom stereocenters. The number of nitrogens with one attached hydrogen (secondary N) is 4. The maximum atomic E-state index is 12.7. The first-order valence-electron chi connectivity index (χ1n) is 24.9. The maximum absolute atomic E-state index is 12.7. The zero-order valence-electron chi connectivity index (χ0n) is 44.2. The number of carbonyl (C=O) groups excluding carboxylic acids is 5. The Morgan fingerprint density at radius 1 is 0.423 bits per heavy atom. The summed E-state index contributed by atoms with van der Waals surface area (Å²) in [5.74, 6) is -13.1. The summed E-state index contributed by atoms with van der Waals surface area (Å²) in [5.41, 5.74) is 0. The predicted molar refractivity (Wildman–Crippen MR) is 316 cm³/mol. The second-order valence-electron chi connectivity index (χ2n) is 17.0. The maximum Gasteiger partial charge on any atom is 0.326 e. The fourth-order valence-corrected chi connectivity index (χ4v) is 14.6. The number of carboxylic acid groups (broad SMARTS) is 6. The van der Waals surface area contributed by atoms with Crippen LogP contribution in [0.2, 0.25) is 0 Å². The van der Waals surface area contributed by atoms with Crippen molar-refractivity contribution in [3.8, 4) is 0 Å². The number of rotatable bonds is 49. The molecule has 11 N–H and O–H groups in total. The molecular weight excluding hydrogens is 1160 g/mol. The van der Waals surface area contributed by atoms with E-state index in [2.05, 4.69) is 42.9 Å². The molecule has 0 aromatic heterocycles. The van der Waals surface area contributed by atoms with Crippen LogP contribution in [-0.4, -0.2) is 155 Å². The molecule has 3 amide bonds. The first kappa shape index (κ1) is 83.8. The van der Waals surface area contributed by atoms with E-state index in [-0.39, 0.29) is 63.6 Å². The van der Waals surface area contributed by atoms with Crippen LogP contribution >= 0.6 is 74.2 Å². The number of Topliss-reactive ketones (excluding diaryl/α,β-unsaturated/α-hetero) is 2. The average Bonchev–Trinajstić information content (AvgIpc) is 3.36. The summed E-state index contributed by atoms with van der Waals surface area (Å²) in [6.45, 7) is 0.236. The van der Waals surface area contributed by atoms with Crippen molar-refractivity contribution in [2.75, 3.05) is 36.3 Å². The Balaban J connectivity index is -0.00000113. The Morgan fingerprint density at radius 2 is 0.795 bits per heavy atom. The smallest absolute Gasteiger partial charge is 0.326 e. The third kappa shape index (κ3) is 52.3. The largest absolute Gasteiger partial charge is 0.481 e. The van der Waals surface area contributed by atoms with Crippen LogP contribution in [0.25, 0.3) is 0 Å². The summed E-state index contributed by atoms with van der Waals surface area (Å²) in [6.07, 6.45) is 10.9. The number of unbranched alkanes of at least 4 members (excludes halogenated alkanes) is 10. The molecule has 0 aromatic carbocycles. The van der Waals surface area contributed by atoms with E-state index in [9.17, 15) is 73.2 Å². The van der Waals surface area contributed by atoms with E-state index in [0.717, 1.165) is 58.5 Å². The van der Waals surface area contributed by atoms with Crippen LogP contribution in [0.15, 0.2) is 0 Å². The summed E-state index contributed by atoms with van der Waals surface area (Å²) in [7, 11) is 14.5. The number of halogens is 1. The Labute approximate surface area is 484 Å². The van der Waals surface area contributed by atoms with Crippen LogP contribution in [0.5, 0.6) is 0 Å². The van der Waals surface area contributed by atoms with E-state index >= 15 is 0 Å². The van der Waals surface area contributed by atoms with Gasteiger partial charge in [-0.3, -0.25) is 52.9 Å². The summed E-state index contributed by atoms with van der Waals surface area (Å²) < 4.78 is 0. The number of hydrogen-bond donors (Lipinski definition) is 11. The van der Waals surface area contributed by atoms with Crippen LogP contribution in [0.3, 0.4) is 0 Å². The van der Waals surface area contributed by atoms with E-state index in [1.165, 1.54) is 10.2 Å². The van der Waals surface area contributed by atoms with Crippen LogP contribution < -0.4 is 21.0 Å². The third-order valence-electron chi connectivity index (χ3n) is 11.1. The van der Waals surface area contributed by atoms with Crippen molar-refractivity contribution < 1.29 is 93.2 Å². The van der Waals surface area contributed by atoms with Crippen LogP contribution in [-0.2, 0) is 52.7 Å². The number of ketones is 2. The standard InChI is InChI=1S/C42H69N4O17P.C4H10S6.CH4O.CH4.FH/c47-29(25-27(38(54)55)16-22-34(49)43-24-12-11-13-33(46-64)42(62)63)19-21-32(41(60)61)45-36(51)23-17-28(39(56)57)26-30(48)18-20-31(40(58)59)44-35(50)14-9-7-5-3-1-2-4-6-8-10-15-37(52)53;1-5-7-3-9-10-4-8-6-2;1-2;;/h27-28,31-33,46H,1-26,64H2,(H,43,49)(H,44,50)(H,45,51)(H,52,53)(H,54,55)(H,56,57)(H,58,59)(H,60,61)(H,62,63);3-4H2,1-2H3;2H,1H3;1H4;1H/t27-,28-,31+,32+,33+;;;;/m1..../s1. The number of amides is 3. The molecule has 0 aliphatic rings. The first-order chi connectivity index (χ1) is 36.2. The van der Waals surface area contributed by atoms with Gasteiger partial charge in [-0.25, -0.2) is 9.59 Å². The quantitative estimate of drug-likeness (QED) is 0.0118. The van der Waals surface area contributed by atoms with Gasteiger partial charge in [0.05, 0.1) is 22.0 Å². The number of hydrogen-bond acceptors (Lipinski definition) is 19. The Bertz CT molecular complexity index is 1710. The lowest BCUT2D eigenvalue weighted by Gasteiger charge is -2.17. The summed E-state index contributed by atoms with van der Waals surface area (Å²) >= 11 is 0. The van der Waals surface area contributed by atoms with Crippen LogP contribution in [0, 0.1) is 11.8 Å². The monoisotopic (exact) mass is 1250 g/mol. The van der Waals surface area contributed by atoms with Crippen LogP contribution in [0.4, 0.5) is 4.70 Å². The molecule has 0 radical (unpaired) electrons. The van der Waals surface area contributed by atoms with Gasteiger partial charge in [-0.05, 0) is 70.3 Å². The molecule has 0 aromatic rings. The van der Waals surface area contributed by atoms with Gasteiger partial charge in [-0.15, -0.1) is 0 Å². The fourth-order valence-electron chi connectivity index (χ4n) is 6.90. The second-order valence-corrected chi connectivity index (χ2v) is 25.7. The Hall–Kier alpha value is -3.05. The topological polar surface area (TPSA) is 378 Å². The van der Waals surface area contributed by atoms with E-state index in [0.29, 0.717) is 32.1 Å². The minimum Gasteiger partial charge on any atom is -0.481 e. The first-order valence-corrected chi connectivity index (χ1v) is 33.4. The zero-order valence-corrected chi connectivity index (χ0v) is 50.3. The zero-order chi connectivity index (χ0) is 58.1. The van der Waals surface area contributed by atoms with Crippen molar-refractivity contribution in [1.29, 1.82) is 0 Å². The molecule has 0 fully saturated rings. The summed E-state index contributed by atoms with van der Waals surface area (Å²) in [5, 5.41) is 75.3. The molecule has 0 saturated heterocycles. The van der Waals surface area contributed by atoms with Gasteiger partial charge in [0.2, 0.25) is 17.7 Å². The van der Waals surface area contributed by atoms with Gasteiger partial charge in [0, 0.05) is 65.0 Å². The number of aliphatic hydroxyl groups is 1. The highest BCUT2D eigenvalue weighted by Gasteiger charge is 2.28. The van der Waals surface area contributed by atoms with Crippen molar-refractivity contribution in [1.82, 2.24) is 21.0 Å². The normalized spacial score (nSPS) is 12.3. The number of aliphatic carboxylic acids is 6. The lowest BCUT2D eigenvalue weighted by atomic mass is 9.93. The van der Waals surface area contributed by atoms with Crippen LogP contribution in [0.1, 0.15) is 168 Å². The number of carbonyl (C=O) groups is 11. The highest BCUT2D eigenvalue weighted by atomic mass is 33.2. The molecule has 78 heavy (non-hydrogen) atoms. The molecule has 0 aliphatic carbocycles. The molecule has 0 aliphatic heterocycles. The SMILES string of the molecule is C.CO.CSSCSSCSSC.F.O=C(O)CCCCCCCCCCCCC(=O)N[C@@H](CCC(=O)C[C@@H](CCC(=O)N[C@@H](CCC(=O)C[C@@H](CCC(=O)NCCCC[C@H](NP)C(=O)O)C(=O)O)C(=O)O)C(=O)O)C(=O)O. The molecule has 0 bridgehead atoms. The van der Waals surface area contributed by atoms with Gasteiger partial charge in [0.25, 0.3) is 0 Å². The van der Waals surface area contributed by atoms with Gasteiger partial charge in [-0.2, -0.15) is 0 Å². The lowest BCUT2D eigenvalue weighted by molar-refractivity contribution is -0.145. The fraction of sp³-hybridized carbons (Fsp3) is 0.771. The van der Waals surface area contributed by atoms with E-state index < -0.39 is 127 Å². The predicted octanol–water partition coefficient (Wildman–Crippen LogP) is 8.15. The summed E-state index contributed by atoms with van der Waals surface area (Å²) in [6, 6.07) is -3.71. The van der Waals surface area contributed by atoms with Gasteiger partial charge >= 0.3 is 35.8 Å². The Kier molecular flexibility index (Phi) is 61.4. The molecule has 30 heteroatoms. The Morgan fingerprint density at radius 3 is 1.15 bits per heavy atom. The molecule has 22 nitrogen and oxygen atoms in total. The molecule has 0 rings (SSSR count). The second kappa shape index (κ2) is 57.2. The third-order valence-corrected chi connectivity index (χ3v) is 19.0. The minimum atomic E-state index is -1.58. The highest BCUT2D eigenvalue weighted by molar-refractivity contribution is 8.88. The van der Waals surface area contributed by atoms with Gasteiger partial charge in [-0.1, -0.05) is 133 Å². The van der Waals surface area contributed by atoms with Crippen molar-refractivity contribution in [2.24, 2.45) is 11.8 Å². The van der Waals surface area contributed by atoms with E-state index in [1.807, 2.05) is 64.8 Å². The number of aliphatic hydroxyl groups excluding tert-OH is 1. The van der Waals surface area contributed by atoms with Gasteiger partial charge in [0.15, 0.2) is 0 Å². The average molecular weight is 1250 g/mol. The number of carboxylic acids is 6. The van der Waals surface area contributed by atoms with Gasteiger partial charge in [0.1, 0.15) is 29.7 Å². The molecule has 0 heterocycles. The van der Waals surface area contributed by atoms with Gasteiger partial charge < -0.3 is 51.7 Å². The van der Waals surface area contributed by atoms with E-state index in [4.69, 9.17) is 15.3 Å². The molecule has 1 unspecified atom stereocenters.